The number of nitrogens with zero attached hydrogens (tertiary/aromatic N) is 2. The third-order valence-corrected chi connectivity index (χ3v) is 6.32. The first kappa shape index (κ1) is 16.3. The fourth-order valence-electron chi connectivity index (χ4n) is 4.12. The van der Waals surface area contributed by atoms with E-state index in [-0.39, 0.29) is 23.3 Å². The van der Waals surface area contributed by atoms with Crippen LogP contribution in [-0.2, 0) is 16.0 Å². The summed E-state index contributed by atoms with van der Waals surface area (Å²) in [6.45, 7) is 1.39. The summed E-state index contributed by atoms with van der Waals surface area (Å²) in [7, 11) is 0. The number of aromatic nitrogens is 1. The highest BCUT2D eigenvalue weighted by Crippen LogP contribution is 2.42. The van der Waals surface area contributed by atoms with Gasteiger partial charge in [-0.1, -0.05) is 12.1 Å². The molecule has 6 heteroatoms. The molecule has 4 heterocycles. The van der Waals surface area contributed by atoms with Gasteiger partial charge in [0, 0.05) is 42.7 Å². The van der Waals surface area contributed by atoms with Gasteiger partial charge in [-0.25, -0.2) is 0 Å². The molecule has 1 atom stereocenters. The lowest BCUT2D eigenvalue weighted by Gasteiger charge is -2.43. The highest BCUT2D eigenvalue weighted by molar-refractivity contribution is 7.10. The average Bonchev–Trinajstić information content (AvgIpc) is 3.24. The number of pyridine rings is 1. The Bertz CT molecular complexity index is 752. The largest absolute Gasteiger partial charge is 0.350 e. The molecular weight excluding hydrogens is 334 g/mol. The second-order valence-electron chi connectivity index (χ2n) is 6.88. The summed E-state index contributed by atoms with van der Waals surface area (Å²) < 4.78 is 0. The highest BCUT2D eigenvalue weighted by Gasteiger charge is 2.49. The normalized spacial score (nSPS) is 22.2. The maximum atomic E-state index is 12.5. The second-order valence-corrected chi connectivity index (χ2v) is 7.92. The molecule has 5 nitrogen and oxygen atoms in total. The van der Waals surface area contributed by atoms with Gasteiger partial charge in [-0.15, -0.1) is 11.3 Å². The molecule has 130 valence electrons. The first-order valence-corrected chi connectivity index (χ1v) is 9.55. The lowest BCUT2D eigenvalue weighted by molar-refractivity contribution is -0.132. The Morgan fingerprint density at radius 3 is 2.84 bits per heavy atom. The van der Waals surface area contributed by atoms with E-state index in [2.05, 4.69) is 10.3 Å². The van der Waals surface area contributed by atoms with Crippen molar-refractivity contribution in [2.45, 2.75) is 37.1 Å². The van der Waals surface area contributed by atoms with E-state index in [1.54, 1.807) is 17.5 Å². The van der Waals surface area contributed by atoms with Crippen LogP contribution in [0.5, 0.6) is 0 Å². The van der Waals surface area contributed by atoms with Gasteiger partial charge < -0.3 is 10.2 Å². The van der Waals surface area contributed by atoms with Crippen LogP contribution in [0, 0.1) is 0 Å². The van der Waals surface area contributed by atoms with Crippen molar-refractivity contribution in [1.82, 2.24) is 15.2 Å². The number of amides is 2. The van der Waals surface area contributed by atoms with E-state index >= 15 is 0 Å². The van der Waals surface area contributed by atoms with Crippen LogP contribution in [0.3, 0.4) is 0 Å². The zero-order valence-corrected chi connectivity index (χ0v) is 14.8. The topological polar surface area (TPSA) is 62.3 Å². The summed E-state index contributed by atoms with van der Waals surface area (Å²) >= 11 is 1.62. The number of carbonyl (C=O) groups excluding carboxylic acids is 2. The number of carbonyl (C=O) groups is 2. The van der Waals surface area contributed by atoms with Gasteiger partial charge in [0.1, 0.15) is 0 Å². The quantitative estimate of drug-likeness (QED) is 0.919. The van der Waals surface area contributed by atoms with E-state index in [1.807, 2.05) is 40.7 Å². The summed E-state index contributed by atoms with van der Waals surface area (Å²) in [5, 5.41) is 5.22. The van der Waals surface area contributed by atoms with Crippen LogP contribution in [0.2, 0.25) is 0 Å². The average molecular weight is 355 g/mol. The number of likely N-dealkylation sites (tertiary alicyclic amines) is 1. The highest BCUT2D eigenvalue weighted by atomic mass is 32.1. The number of nitrogens with one attached hydrogen (secondary N) is 1. The fraction of sp³-hybridized carbons (Fsp3) is 0.421. The van der Waals surface area contributed by atoms with Gasteiger partial charge in [-0.2, -0.15) is 0 Å². The SMILES string of the molecule is O=C1CC(c2cccnc2)C2(CCN(C(=O)Cc3cccs3)CC2)N1. The number of hydrogen-bond donors (Lipinski definition) is 1. The summed E-state index contributed by atoms with van der Waals surface area (Å²) in [6, 6.07) is 7.95. The first-order valence-electron chi connectivity index (χ1n) is 8.67. The zero-order chi connectivity index (χ0) is 17.3. The second kappa shape index (κ2) is 6.59. The van der Waals surface area contributed by atoms with Crippen molar-refractivity contribution in [3.05, 3.63) is 52.5 Å². The standard InChI is InChI=1S/C19H21N3O2S/c23-17-12-16(14-3-1-7-20-13-14)19(21-17)5-8-22(9-6-19)18(24)11-15-4-2-10-25-15/h1-4,7,10,13,16H,5-6,8-9,11-12H2,(H,21,23). The Morgan fingerprint density at radius 2 is 2.16 bits per heavy atom. The van der Waals surface area contributed by atoms with E-state index in [0.717, 1.165) is 23.3 Å². The summed E-state index contributed by atoms with van der Waals surface area (Å²) in [5.41, 5.74) is 0.874. The van der Waals surface area contributed by atoms with Gasteiger partial charge >= 0.3 is 0 Å². The van der Waals surface area contributed by atoms with Crippen LogP contribution in [-0.4, -0.2) is 40.3 Å². The molecule has 0 aromatic carbocycles. The van der Waals surface area contributed by atoms with Gasteiger partial charge in [-0.05, 0) is 35.9 Å². The summed E-state index contributed by atoms with van der Waals surface area (Å²) in [4.78, 5) is 31.9. The van der Waals surface area contributed by atoms with Crippen molar-refractivity contribution < 1.29 is 9.59 Å². The molecule has 2 saturated heterocycles. The lowest BCUT2D eigenvalue weighted by atomic mass is 9.74. The van der Waals surface area contributed by atoms with Crippen LogP contribution in [0.25, 0.3) is 0 Å². The van der Waals surface area contributed by atoms with E-state index < -0.39 is 0 Å². The van der Waals surface area contributed by atoms with Crippen molar-refractivity contribution >= 4 is 23.2 Å². The third-order valence-electron chi connectivity index (χ3n) is 5.45. The molecule has 2 amide bonds. The molecule has 0 aliphatic carbocycles. The molecule has 0 radical (unpaired) electrons. The van der Waals surface area contributed by atoms with Crippen molar-refractivity contribution in [3.63, 3.8) is 0 Å². The Labute approximate surface area is 151 Å². The smallest absolute Gasteiger partial charge is 0.227 e. The van der Waals surface area contributed by atoms with Gasteiger partial charge in [-0.3, -0.25) is 14.6 Å². The van der Waals surface area contributed by atoms with Crippen molar-refractivity contribution in [2.24, 2.45) is 0 Å². The Morgan fingerprint density at radius 1 is 1.32 bits per heavy atom. The molecule has 2 aromatic heterocycles. The number of hydrogen-bond acceptors (Lipinski definition) is 4. The maximum absolute atomic E-state index is 12.5. The van der Waals surface area contributed by atoms with Crippen molar-refractivity contribution in [3.8, 4) is 0 Å². The maximum Gasteiger partial charge on any atom is 0.227 e. The monoisotopic (exact) mass is 355 g/mol. The molecule has 0 bridgehead atoms. The molecule has 2 aliphatic heterocycles. The van der Waals surface area contributed by atoms with E-state index in [9.17, 15) is 9.59 Å². The van der Waals surface area contributed by atoms with Gasteiger partial charge in [0.15, 0.2) is 0 Å². The molecule has 2 fully saturated rings. The first-order chi connectivity index (χ1) is 12.2. The van der Waals surface area contributed by atoms with E-state index in [4.69, 9.17) is 0 Å². The molecule has 25 heavy (non-hydrogen) atoms. The molecule has 1 N–H and O–H groups in total. The molecule has 1 unspecified atom stereocenters. The Kier molecular flexibility index (Phi) is 4.29. The van der Waals surface area contributed by atoms with Crippen molar-refractivity contribution in [1.29, 1.82) is 0 Å². The third kappa shape index (κ3) is 3.18. The van der Waals surface area contributed by atoms with E-state index in [0.29, 0.717) is 25.9 Å². The number of piperidine rings is 1. The van der Waals surface area contributed by atoms with Crippen LogP contribution in [0.1, 0.15) is 35.6 Å². The molecule has 4 rings (SSSR count). The molecule has 2 aromatic rings. The minimum atomic E-state index is -0.236. The van der Waals surface area contributed by atoms with Crippen LogP contribution < -0.4 is 5.32 Å². The van der Waals surface area contributed by atoms with Gasteiger partial charge in [0.25, 0.3) is 0 Å². The van der Waals surface area contributed by atoms with Crippen molar-refractivity contribution in [2.75, 3.05) is 13.1 Å². The molecule has 2 aliphatic rings. The van der Waals surface area contributed by atoms with Gasteiger partial charge in [0.05, 0.1) is 12.0 Å². The van der Waals surface area contributed by atoms with Gasteiger partial charge in [0.2, 0.25) is 11.8 Å². The van der Waals surface area contributed by atoms with E-state index in [1.165, 1.54) is 0 Å². The fourth-order valence-corrected chi connectivity index (χ4v) is 4.81. The van der Waals surface area contributed by atoms with Crippen LogP contribution in [0.4, 0.5) is 0 Å². The number of rotatable bonds is 3. The lowest BCUT2D eigenvalue weighted by Crippen LogP contribution is -2.54. The minimum absolute atomic E-state index is 0.104. The Balaban J connectivity index is 1.46. The molecule has 0 saturated carbocycles. The molecular formula is C19H21N3O2S. The predicted octanol–water partition coefficient (Wildman–Crippen LogP) is 2.35. The minimum Gasteiger partial charge on any atom is -0.350 e. The zero-order valence-electron chi connectivity index (χ0n) is 14.0. The summed E-state index contributed by atoms with van der Waals surface area (Å²) in [5.74, 6) is 0.426. The predicted molar refractivity (Wildman–Crippen MR) is 96.3 cm³/mol. The molecule has 1 spiro atoms. The van der Waals surface area contributed by atoms with Crippen LogP contribution >= 0.6 is 11.3 Å². The number of thiophene rings is 1. The van der Waals surface area contributed by atoms with Crippen LogP contribution in [0.15, 0.2) is 42.0 Å². The summed E-state index contributed by atoms with van der Waals surface area (Å²) in [6.07, 6.45) is 6.20. The Hall–Kier alpha value is -2.21.